The average Bonchev–Trinajstić information content (AvgIpc) is 1.99. The number of hydrogen-bond donors (Lipinski definition) is 1. The van der Waals surface area contributed by atoms with Crippen molar-refractivity contribution in [3.8, 4) is 0 Å². The second kappa shape index (κ2) is 4.88. The number of hydrogen-bond acceptors (Lipinski definition) is 2. The lowest BCUT2D eigenvalue weighted by atomic mass is 10.0. The van der Waals surface area contributed by atoms with Crippen molar-refractivity contribution in [1.82, 2.24) is 0 Å². The van der Waals surface area contributed by atoms with Crippen LogP contribution in [0.2, 0.25) is 0 Å². The molecule has 3 heteroatoms. The van der Waals surface area contributed by atoms with Crippen molar-refractivity contribution in [2.45, 2.75) is 26.7 Å². The van der Waals surface area contributed by atoms with Gasteiger partial charge in [0.15, 0.2) is 0 Å². The standard InChI is InChI=1S/C8H15NO2/c1-6(8(10)11)4-5-7(2)9-3/h6H,4-5H2,1-3H3,(H,10,11). The first-order chi connectivity index (χ1) is 5.07. The summed E-state index contributed by atoms with van der Waals surface area (Å²) >= 11 is 0. The summed E-state index contributed by atoms with van der Waals surface area (Å²) in [6.45, 7) is 3.62. The molecule has 0 aromatic carbocycles. The maximum absolute atomic E-state index is 10.4. The molecule has 0 heterocycles. The lowest BCUT2D eigenvalue weighted by Crippen LogP contribution is -2.10. The Bertz CT molecular complexity index is 163. The molecule has 64 valence electrons. The Kier molecular flexibility index (Phi) is 4.50. The summed E-state index contributed by atoms with van der Waals surface area (Å²) in [4.78, 5) is 14.3. The summed E-state index contributed by atoms with van der Waals surface area (Å²) < 4.78 is 0. The molecular formula is C8H15NO2. The monoisotopic (exact) mass is 157 g/mol. The molecule has 0 amide bonds. The molecule has 0 aliphatic heterocycles. The van der Waals surface area contributed by atoms with Gasteiger partial charge in [-0.2, -0.15) is 0 Å². The summed E-state index contributed by atoms with van der Waals surface area (Å²) in [5.74, 6) is -0.986. The van der Waals surface area contributed by atoms with Crippen molar-refractivity contribution in [1.29, 1.82) is 0 Å². The molecule has 1 unspecified atom stereocenters. The van der Waals surface area contributed by atoms with E-state index in [1.54, 1.807) is 14.0 Å². The van der Waals surface area contributed by atoms with E-state index in [0.29, 0.717) is 6.42 Å². The molecule has 0 saturated carbocycles. The van der Waals surface area contributed by atoms with Crippen molar-refractivity contribution >= 4 is 11.7 Å². The number of rotatable bonds is 4. The minimum absolute atomic E-state index is 0.258. The van der Waals surface area contributed by atoms with E-state index in [2.05, 4.69) is 4.99 Å². The van der Waals surface area contributed by atoms with Gasteiger partial charge in [0, 0.05) is 12.8 Å². The van der Waals surface area contributed by atoms with Gasteiger partial charge in [-0.05, 0) is 19.8 Å². The fourth-order valence-electron chi connectivity index (χ4n) is 0.661. The Morgan fingerprint density at radius 3 is 2.55 bits per heavy atom. The van der Waals surface area contributed by atoms with Crippen LogP contribution >= 0.6 is 0 Å². The van der Waals surface area contributed by atoms with Gasteiger partial charge in [-0.3, -0.25) is 9.79 Å². The van der Waals surface area contributed by atoms with Crippen molar-refractivity contribution < 1.29 is 9.90 Å². The molecule has 1 atom stereocenters. The third-order valence-corrected chi connectivity index (χ3v) is 1.74. The molecule has 0 aliphatic rings. The summed E-state index contributed by atoms with van der Waals surface area (Å²) in [6, 6.07) is 0. The van der Waals surface area contributed by atoms with Crippen molar-refractivity contribution in [3.05, 3.63) is 0 Å². The molecule has 1 N–H and O–H groups in total. The lowest BCUT2D eigenvalue weighted by molar-refractivity contribution is -0.141. The van der Waals surface area contributed by atoms with E-state index in [1.807, 2.05) is 6.92 Å². The maximum Gasteiger partial charge on any atom is 0.306 e. The Hall–Kier alpha value is -0.860. The Morgan fingerprint density at radius 2 is 2.18 bits per heavy atom. The van der Waals surface area contributed by atoms with E-state index in [4.69, 9.17) is 5.11 Å². The van der Waals surface area contributed by atoms with Crippen LogP contribution in [0, 0.1) is 5.92 Å². The molecule has 0 aromatic heterocycles. The zero-order chi connectivity index (χ0) is 8.85. The SMILES string of the molecule is CN=C(C)CCC(C)C(=O)O. The number of aliphatic imine (C=N–C) groups is 1. The third kappa shape index (κ3) is 4.53. The average molecular weight is 157 g/mol. The quantitative estimate of drug-likeness (QED) is 0.630. The van der Waals surface area contributed by atoms with Gasteiger partial charge >= 0.3 is 5.97 Å². The van der Waals surface area contributed by atoms with Crippen molar-refractivity contribution in [2.24, 2.45) is 10.9 Å². The van der Waals surface area contributed by atoms with Gasteiger partial charge < -0.3 is 5.11 Å². The van der Waals surface area contributed by atoms with Gasteiger partial charge in [0.25, 0.3) is 0 Å². The first-order valence-electron chi connectivity index (χ1n) is 3.73. The summed E-state index contributed by atoms with van der Waals surface area (Å²) in [5, 5.41) is 8.53. The topological polar surface area (TPSA) is 49.7 Å². The molecule has 0 rings (SSSR count). The van der Waals surface area contributed by atoms with Crippen molar-refractivity contribution in [3.63, 3.8) is 0 Å². The predicted molar refractivity (Wildman–Crippen MR) is 45.1 cm³/mol. The highest BCUT2D eigenvalue weighted by Gasteiger charge is 2.09. The fourth-order valence-corrected chi connectivity index (χ4v) is 0.661. The van der Waals surface area contributed by atoms with Crippen LogP contribution in [0.15, 0.2) is 4.99 Å². The van der Waals surface area contributed by atoms with Crippen molar-refractivity contribution in [2.75, 3.05) is 7.05 Å². The highest BCUT2D eigenvalue weighted by Crippen LogP contribution is 2.05. The lowest BCUT2D eigenvalue weighted by Gasteiger charge is -2.04. The Morgan fingerprint density at radius 1 is 1.64 bits per heavy atom. The smallest absolute Gasteiger partial charge is 0.306 e. The van der Waals surface area contributed by atoms with Crippen LogP contribution in [0.3, 0.4) is 0 Å². The molecule has 11 heavy (non-hydrogen) atoms. The summed E-state index contributed by atoms with van der Waals surface area (Å²) in [7, 11) is 1.72. The molecule has 0 fully saturated rings. The third-order valence-electron chi connectivity index (χ3n) is 1.74. The second-order valence-corrected chi connectivity index (χ2v) is 2.74. The zero-order valence-corrected chi connectivity index (χ0v) is 7.29. The maximum atomic E-state index is 10.4. The highest BCUT2D eigenvalue weighted by molar-refractivity contribution is 5.82. The molecule has 0 aliphatic carbocycles. The zero-order valence-electron chi connectivity index (χ0n) is 7.29. The van der Waals surface area contributed by atoms with Gasteiger partial charge in [-0.25, -0.2) is 0 Å². The fraction of sp³-hybridized carbons (Fsp3) is 0.750. The van der Waals surface area contributed by atoms with Gasteiger partial charge in [0.2, 0.25) is 0 Å². The predicted octanol–water partition coefficient (Wildman–Crippen LogP) is 1.58. The molecule has 0 saturated heterocycles. The normalized spacial score (nSPS) is 14.6. The van der Waals surface area contributed by atoms with Crippen LogP contribution in [-0.2, 0) is 4.79 Å². The largest absolute Gasteiger partial charge is 0.481 e. The number of carbonyl (C=O) groups is 1. The summed E-state index contributed by atoms with van der Waals surface area (Å²) in [5.41, 5.74) is 1.01. The highest BCUT2D eigenvalue weighted by atomic mass is 16.4. The molecule has 0 radical (unpaired) electrons. The van der Waals surface area contributed by atoms with E-state index < -0.39 is 5.97 Å². The van der Waals surface area contributed by atoms with E-state index in [-0.39, 0.29) is 5.92 Å². The minimum Gasteiger partial charge on any atom is -0.481 e. The number of carboxylic acid groups (broad SMARTS) is 1. The van der Waals surface area contributed by atoms with E-state index >= 15 is 0 Å². The Labute approximate surface area is 67.1 Å². The minimum atomic E-state index is -0.728. The van der Waals surface area contributed by atoms with Gasteiger partial charge in [-0.1, -0.05) is 6.92 Å². The van der Waals surface area contributed by atoms with Crippen LogP contribution in [0.5, 0.6) is 0 Å². The van der Waals surface area contributed by atoms with Crippen LogP contribution < -0.4 is 0 Å². The van der Waals surface area contributed by atoms with Gasteiger partial charge in [-0.15, -0.1) is 0 Å². The van der Waals surface area contributed by atoms with Crippen LogP contribution in [-0.4, -0.2) is 23.8 Å². The Balaban J connectivity index is 3.62. The number of carboxylic acids is 1. The molecule has 0 spiro atoms. The summed E-state index contributed by atoms with van der Waals surface area (Å²) in [6.07, 6.45) is 1.46. The molecular weight excluding hydrogens is 142 g/mol. The first kappa shape index (κ1) is 10.1. The van der Waals surface area contributed by atoms with Gasteiger partial charge in [0.1, 0.15) is 0 Å². The van der Waals surface area contributed by atoms with Crippen LogP contribution in [0.4, 0.5) is 0 Å². The van der Waals surface area contributed by atoms with E-state index in [9.17, 15) is 4.79 Å². The number of nitrogens with zero attached hydrogens (tertiary/aromatic N) is 1. The van der Waals surface area contributed by atoms with E-state index in [0.717, 1.165) is 12.1 Å². The molecule has 0 aromatic rings. The first-order valence-corrected chi connectivity index (χ1v) is 3.73. The second-order valence-electron chi connectivity index (χ2n) is 2.74. The molecule has 0 bridgehead atoms. The van der Waals surface area contributed by atoms with Crippen LogP contribution in [0.25, 0.3) is 0 Å². The van der Waals surface area contributed by atoms with Gasteiger partial charge in [0.05, 0.1) is 5.92 Å². The van der Waals surface area contributed by atoms with E-state index in [1.165, 1.54) is 0 Å². The number of aliphatic carboxylic acids is 1. The molecule has 3 nitrogen and oxygen atoms in total. The van der Waals surface area contributed by atoms with Crippen LogP contribution in [0.1, 0.15) is 26.7 Å².